The third-order valence-electron chi connectivity index (χ3n) is 6.53. The molecule has 2 aliphatic rings. The summed E-state index contributed by atoms with van der Waals surface area (Å²) in [5.74, 6) is 0.506. The molecule has 1 aliphatic carbocycles. The van der Waals surface area contributed by atoms with Crippen molar-refractivity contribution >= 4 is 5.91 Å². The van der Waals surface area contributed by atoms with E-state index in [0.717, 1.165) is 18.7 Å². The van der Waals surface area contributed by atoms with Crippen molar-refractivity contribution in [3.63, 3.8) is 0 Å². The zero-order valence-electron chi connectivity index (χ0n) is 16.9. The number of carbonyl (C=O) groups is 1. The molecule has 0 spiro atoms. The van der Waals surface area contributed by atoms with E-state index in [4.69, 9.17) is 4.52 Å². The highest BCUT2D eigenvalue weighted by Gasteiger charge is 2.39. The lowest BCUT2D eigenvalue weighted by Gasteiger charge is -2.48. The Kier molecular flexibility index (Phi) is 5.81. The van der Waals surface area contributed by atoms with Crippen LogP contribution in [0.5, 0.6) is 0 Å². The highest BCUT2D eigenvalue weighted by atomic mass is 16.5. The number of rotatable bonds is 5. The van der Waals surface area contributed by atoms with Crippen LogP contribution in [-0.4, -0.2) is 41.1 Å². The van der Waals surface area contributed by atoms with Crippen LogP contribution in [0.15, 0.2) is 34.9 Å². The molecule has 1 N–H and O–H groups in total. The van der Waals surface area contributed by atoms with Crippen molar-refractivity contribution in [1.82, 2.24) is 15.4 Å². The molecule has 0 bridgehead atoms. The van der Waals surface area contributed by atoms with Gasteiger partial charge < -0.3 is 9.84 Å². The Morgan fingerprint density at radius 1 is 1.07 bits per heavy atom. The maximum atomic E-state index is 13.2. The highest BCUT2D eigenvalue weighted by Crippen LogP contribution is 2.35. The zero-order chi connectivity index (χ0) is 19.4. The SMILES string of the molecule is Cc1onc(-c2ccccc2)c1C(=O)NCC1(N2CCCCC2)CCCCC1. The van der Waals surface area contributed by atoms with E-state index in [1.54, 1.807) is 0 Å². The van der Waals surface area contributed by atoms with Gasteiger partial charge in [0.1, 0.15) is 17.0 Å². The fourth-order valence-electron chi connectivity index (χ4n) is 4.95. The maximum absolute atomic E-state index is 13.2. The van der Waals surface area contributed by atoms with Gasteiger partial charge in [-0.1, -0.05) is 61.2 Å². The van der Waals surface area contributed by atoms with E-state index in [1.165, 1.54) is 51.4 Å². The van der Waals surface area contributed by atoms with Crippen LogP contribution in [0.3, 0.4) is 0 Å². The lowest BCUT2D eigenvalue weighted by Crippen LogP contribution is -2.58. The zero-order valence-corrected chi connectivity index (χ0v) is 16.9. The van der Waals surface area contributed by atoms with E-state index in [9.17, 15) is 4.79 Å². The Morgan fingerprint density at radius 2 is 1.75 bits per heavy atom. The summed E-state index contributed by atoms with van der Waals surface area (Å²) in [6.07, 6.45) is 10.1. The van der Waals surface area contributed by atoms with E-state index in [1.807, 2.05) is 37.3 Å². The number of carbonyl (C=O) groups excluding carboxylic acids is 1. The average Bonchev–Trinajstić information content (AvgIpc) is 3.15. The second-order valence-electron chi connectivity index (χ2n) is 8.34. The Hall–Kier alpha value is -2.14. The minimum atomic E-state index is -0.0699. The summed E-state index contributed by atoms with van der Waals surface area (Å²) < 4.78 is 5.38. The van der Waals surface area contributed by atoms with Crippen LogP contribution in [0.1, 0.15) is 67.5 Å². The predicted molar refractivity (Wildman–Crippen MR) is 110 cm³/mol. The Balaban J connectivity index is 1.52. The van der Waals surface area contributed by atoms with Crippen molar-refractivity contribution in [1.29, 1.82) is 0 Å². The Bertz CT molecular complexity index is 787. The fraction of sp³-hybridized carbons (Fsp3) is 0.565. The van der Waals surface area contributed by atoms with Crippen LogP contribution < -0.4 is 5.32 Å². The molecule has 150 valence electrons. The molecule has 1 saturated heterocycles. The van der Waals surface area contributed by atoms with E-state index >= 15 is 0 Å². The Morgan fingerprint density at radius 3 is 2.46 bits per heavy atom. The molecule has 1 aromatic heterocycles. The smallest absolute Gasteiger partial charge is 0.257 e. The molecule has 0 radical (unpaired) electrons. The molecule has 1 aliphatic heterocycles. The number of aryl methyl sites for hydroxylation is 1. The van der Waals surface area contributed by atoms with Crippen LogP contribution in [0.25, 0.3) is 11.3 Å². The van der Waals surface area contributed by atoms with Crippen LogP contribution in [0.4, 0.5) is 0 Å². The van der Waals surface area contributed by atoms with Gasteiger partial charge in [0.2, 0.25) is 0 Å². The van der Waals surface area contributed by atoms with Crippen molar-refractivity contribution < 1.29 is 9.32 Å². The van der Waals surface area contributed by atoms with Gasteiger partial charge in [-0.15, -0.1) is 0 Å². The van der Waals surface area contributed by atoms with Crippen molar-refractivity contribution in [3.8, 4) is 11.3 Å². The molecule has 2 fully saturated rings. The monoisotopic (exact) mass is 381 g/mol. The molecule has 0 atom stereocenters. The topological polar surface area (TPSA) is 58.4 Å². The van der Waals surface area contributed by atoms with Crippen molar-refractivity contribution in [2.45, 2.75) is 63.8 Å². The molecule has 28 heavy (non-hydrogen) atoms. The minimum Gasteiger partial charge on any atom is -0.360 e. The summed E-state index contributed by atoms with van der Waals surface area (Å²) in [5, 5.41) is 7.43. The number of hydrogen-bond acceptors (Lipinski definition) is 4. The highest BCUT2D eigenvalue weighted by molar-refractivity contribution is 6.00. The molecule has 1 aromatic carbocycles. The maximum Gasteiger partial charge on any atom is 0.257 e. The molecule has 5 nitrogen and oxygen atoms in total. The van der Waals surface area contributed by atoms with E-state index < -0.39 is 0 Å². The number of amides is 1. The molecular formula is C23H31N3O2. The second kappa shape index (κ2) is 8.48. The van der Waals surface area contributed by atoms with Gasteiger partial charge in [0, 0.05) is 17.6 Å². The van der Waals surface area contributed by atoms with Gasteiger partial charge in [-0.3, -0.25) is 9.69 Å². The van der Waals surface area contributed by atoms with Crippen molar-refractivity contribution in [3.05, 3.63) is 41.7 Å². The number of piperidine rings is 1. The van der Waals surface area contributed by atoms with Gasteiger partial charge in [-0.2, -0.15) is 0 Å². The molecule has 0 unspecified atom stereocenters. The van der Waals surface area contributed by atoms with E-state index in [-0.39, 0.29) is 11.4 Å². The van der Waals surface area contributed by atoms with Gasteiger partial charge in [0.15, 0.2) is 0 Å². The van der Waals surface area contributed by atoms with Gasteiger partial charge in [-0.25, -0.2) is 0 Å². The number of nitrogens with zero attached hydrogens (tertiary/aromatic N) is 2. The third-order valence-corrected chi connectivity index (χ3v) is 6.53. The van der Waals surface area contributed by atoms with Crippen molar-refractivity contribution in [2.75, 3.05) is 19.6 Å². The normalized spacial score (nSPS) is 20.0. The molecule has 1 amide bonds. The molecular weight excluding hydrogens is 350 g/mol. The molecule has 2 heterocycles. The summed E-state index contributed by atoms with van der Waals surface area (Å²) in [6.45, 7) is 4.86. The summed E-state index contributed by atoms with van der Waals surface area (Å²) >= 11 is 0. The number of benzene rings is 1. The Labute approximate surface area is 167 Å². The lowest BCUT2D eigenvalue weighted by molar-refractivity contribution is 0.0326. The number of likely N-dealkylation sites (tertiary alicyclic amines) is 1. The fourth-order valence-corrected chi connectivity index (χ4v) is 4.95. The average molecular weight is 382 g/mol. The first kappa shape index (κ1) is 19.2. The first-order chi connectivity index (χ1) is 13.7. The van der Waals surface area contributed by atoms with Gasteiger partial charge in [-0.05, 0) is 45.7 Å². The standard InChI is InChI=1S/C23H31N3O2/c1-18-20(21(25-28-18)19-11-5-2-6-12-19)22(27)24-17-23(13-7-3-8-14-23)26-15-9-4-10-16-26/h2,5-6,11-12H,3-4,7-10,13-17H2,1H3,(H,24,27). The first-order valence-electron chi connectivity index (χ1n) is 10.7. The third kappa shape index (κ3) is 3.86. The molecule has 2 aromatic rings. The van der Waals surface area contributed by atoms with Gasteiger partial charge in [0.05, 0.1) is 0 Å². The quantitative estimate of drug-likeness (QED) is 0.824. The van der Waals surface area contributed by atoms with E-state index in [0.29, 0.717) is 23.6 Å². The largest absolute Gasteiger partial charge is 0.360 e. The number of hydrogen-bond donors (Lipinski definition) is 1. The van der Waals surface area contributed by atoms with Crippen LogP contribution in [-0.2, 0) is 0 Å². The van der Waals surface area contributed by atoms with Crippen molar-refractivity contribution in [2.24, 2.45) is 0 Å². The molecule has 1 saturated carbocycles. The lowest BCUT2D eigenvalue weighted by atomic mass is 9.79. The summed E-state index contributed by atoms with van der Waals surface area (Å²) in [5.41, 5.74) is 2.22. The van der Waals surface area contributed by atoms with Crippen LogP contribution in [0, 0.1) is 6.92 Å². The van der Waals surface area contributed by atoms with Gasteiger partial charge in [0.25, 0.3) is 5.91 Å². The summed E-state index contributed by atoms with van der Waals surface area (Å²) in [4.78, 5) is 15.8. The minimum absolute atomic E-state index is 0.0699. The first-order valence-corrected chi connectivity index (χ1v) is 10.7. The second-order valence-corrected chi connectivity index (χ2v) is 8.34. The molecule has 5 heteroatoms. The summed E-state index contributed by atoms with van der Waals surface area (Å²) in [7, 11) is 0. The van der Waals surface area contributed by atoms with Crippen LogP contribution in [0.2, 0.25) is 0 Å². The van der Waals surface area contributed by atoms with Gasteiger partial charge >= 0.3 is 0 Å². The van der Waals surface area contributed by atoms with Crippen LogP contribution >= 0.6 is 0 Å². The number of nitrogens with one attached hydrogen (secondary N) is 1. The number of aromatic nitrogens is 1. The summed E-state index contributed by atoms with van der Waals surface area (Å²) in [6, 6.07) is 9.79. The predicted octanol–water partition coefficient (Wildman–Crippen LogP) is 4.57. The van der Waals surface area contributed by atoms with E-state index in [2.05, 4.69) is 15.4 Å². The molecule has 4 rings (SSSR count).